The first-order valence-electron chi connectivity index (χ1n) is 7.74. The van der Waals surface area contributed by atoms with E-state index < -0.39 is 0 Å². The van der Waals surface area contributed by atoms with Gasteiger partial charge in [-0.1, -0.05) is 24.3 Å². The molecule has 5 heteroatoms. The summed E-state index contributed by atoms with van der Waals surface area (Å²) in [5, 5.41) is 0. The highest BCUT2D eigenvalue weighted by molar-refractivity contribution is 9.10. The van der Waals surface area contributed by atoms with Crippen molar-refractivity contribution >= 4 is 32.9 Å². The summed E-state index contributed by atoms with van der Waals surface area (Å²) in [6.45, 7) is 0.766. The predicted molar refractivity (Wildman–Crippen MR) is 93.2 cm³/mol. The Kier molecular flexibility index (Phi) is 3.65. The smallest absolute Gasteiger partial charge is 0.255 e. The van der Waals surface area contributed by atoms with Crippen molar-refractivity contribution in [2.24, 2.45) is 0 Å². The number of aromatic nitrogens is 2. The molecule has 1 fully saturated rings. The van der Waals surface area contributed by atoms with Crippen molar-refractivity contribution < 1.29 is 4.79 Å². The second-order valence-electron chi connectivity index (χ2n) is 5.78. The third kappa shape index (κ3) is 2.55. The molecule has 1 aliphatic rings. The van der Waals surface area contributed by atoms with Crippen molar-refractivity contribution in [2.75, 3.05) is 6.54 Å². The largest absolute Gasteiger partial charge is 0.340 e. The van der Waals surface area contributed by atoms with Crippen molar-refractivity contribution in [1.29, 1.82) is 0 Å². The minimum Gasteiger partial charge on any atom is -0.340 e. The minimum atomic E-state index is 0.0157. The van der Waals surface area contributed by atoms with Gasteiger partial charge in [0.15, 0.2) is 0 Å². The van der Waals surface area contributed by atoms with Crippen LogP contribution in [-0.4, -0.2) is 27.3 Å². The number of likely N-dealkylation sites (tertiary alicyclic amines) is 1. The summed E-state index contributed by atoms with van der Waals surface area (Å²) in [5.41, 5.74) is 2.67. The zero-order valence-corrected chi connectivity index (χ0v) is 14.1. The second-order valence-corrected chi connectivity index (χ2v) is 6.63. The Morgan fingerprint density at radius 1 is 1.17 bits per heavy atom. The molecule has 1 aromatic heterocycles. The number of nitrogens with one attached hydrogen (secondary N) is 1. The van der Waals surface area contributed by atoms with Gasteiger partial charge in [0.05, 0.1) is 22.6 Å². The van der Waals surface area contributed by atoms with Gasteiger partial charge in [0.25, 0.3) is 5.91 Å². The molecule has 0 radical (unpaired) electrons. The lowest BCUT2D eigenvalue weighted by molar-refractivity contribution is 0.0729. The van der Waals surface area contributed by atoms with Crippen LogP contribution in [0.1, 0.15) is 35.1 Å². The maximum absolute atomic E-state index is 12.9. The quantitative estimate of drug-likeness (QED) is 0.731. The molecule has 1 aliphatic heterocycles. The van der Waals surface area contributed by atoms with Crippen molar-refractivity contribution in [2.45, 2.75) is 18.9 Å². The average Bonchev–Trinajstić information content (AvgIpc) is 3.21. The molecule has 3 aromatic rings. The first-order chi connectivity index (χ1) is 11.2. The zero-order chi connectivity index (χ0) is 15.8. The van der Waals surface area contributed by atoms with E-state index in [0.717, 1.165) is 40.7 Å². The first kappa shape index (κ1) is 14.5. The van der Waals surface area contributed by atoms with E-state index in [9.17, 15) is 4.79 Å². The minimum absolute atomic E-state index is 0.0157. The number of carbonyl (C=O) groups excluding carboxylic acids is 1. The monoisotopic (exact) mass is 369 g/mol. The van der Waals surface area contributed by atoms with Crippen molar-refractivity contribution in [1.82, 2.24) is 14.9 Å². The maximum Gasteiger partial charge on any atom is 0.255 e. The molecular formula is C18H16BrN3O. The third-order valence-electron chi connectivity index (χ3n) is 4.34. The molecule has 0 saturated carbocycles. The van der Waals surface area contributed by atoms with E-state index in [0.29, 0.717) is 5.56 Å². The highest BCUT2D eigenvalue weighted by Crippen LogP contribution is 2.33. The SMILES string of the molecule is O=C(c1ccccc1Br)N1CCC[C@@H]1c1nc2ccccc2[nH]1. The number of hydrogen-bond acceptors (Lipinski definition) is 2. The van der Waals surface area contributed by atoms with Gasteiger partial charge >= 0.3 is 0 Å². The summed E-state index contributed by atoms with van der Waals surface area (Å²) in [5.74, 6) is 0.935. The molecule has 0 spiro atoms. The highest BCUT2D eigenvalue weighted by Gasteiger charge is 2.33. The van der Waals surface area contributed by atoms with Gasteiger partial charge in [0.2, 0.25) is 0 Å². The van der Waals surface area contributed by atoms with Gasteiger partial charge in [-0.15, -0.1) is 0 Å². The fourth-order valence-electron chi connectivity index (χ4n) is 3.21. The van der Waals surface area contributed by atoms with Gasteiger partial charge in [0, 0.05) is 11.0 Å². The highest BCUT2D eigenvalue weighted by atomic mass is 79.9. The number of fused-ring (bicyclic) bond motifs is 1. The normalized spacial score (nSPS) is 17.8. The van der Waals surface area contributed by atoms with Gasteiger partial charge in [0.1, 0.15) is 5.82 Å². The van der Waals surface area contributed by atoms with Gasteiger partial charge in [-0.2, -0.15) is 0 Å². The number of para-hydroxylation sites is 2. The van der Waals surface area contributed by atoms with Crippen LogP contribution in [0.4, 0.5) is 0 Å². The van der Waals surface area contributed by atoms with Crippen LogP contribution < -0.4 is 0 Å². The van der Waals surface area contributed by atoms with Gasteiger partial charge in [-0.25, -0.2) is 4.98 Å². The van der Waals surface area contributed by atoms with E-state index in [1.807, 2.05) is 53.4 Å². The van der Waals surface area contributed by atoms with Gasteiger partial charge in [-0.3, -0.25) is 4.79 Å². The lowest BCUT2D eigenvalue weighted by atomic mass is 10.1. The Bertz CT molecular complexity index is 840. The average molecular weight is 370 g/mol. The lowest BCUT2D eigenvalue weighted by Crippen LogP contribution is -2.31. The van der Waals surface area contributed by atoms with Crippen LogP contribution in [0.3, 0.4) is 0 Å². The molecule has 1 amide bonds. The summed E-state index contributed by atoms with van der Waals surface area (Å²) in [6.07, 6.45) is 1.94. The van der Waals surface area contributed by atoms with E-state index in [2.05, 4.69) is 25.9 Å². The van der Waals surface area contributed by atoms with Crippen LogP contribution in [0.5, 0.6) is 0 Å². The van der Waals surface area contributed by atoms with Crippen molar-refractivity contribution in [3.63, 3.8) is 0 Å². The molecule has 1 N–H and O–H groups in total. The van der Waals surface area contributed by atoms with Crippen LogP contribution in [-0.2, 0) is 0 Å². The van der Waals surface area contributed by atoms with Crippen LogP contribution in [0.2, 0.25) is 0 Å². The second kappa shape index (κ2) is 5.81. The Morgan fingerprint density at radius 3 is 2.78 bits per heavy atom. The molecule has 0 unspecified atom stereocenters. The van der Waals surface area contributed by atoms with Gasteiger partial charge < -0.3 is 9.88 Å². The van der Waals surface area contributed by atoms with Crippen molar-refractivity contribution in [3.05, 3.63) is 64.4 Å². The van der Waals surface area contributed by atoms with Crippen molar-refractivity contribution in [3.8, 4) is 0 Å². The van der Waals surface area contributed by atoms with E-state index in [4.69, 9.17) is 0 Å². The number of nitrogens with zero attached hydrogens (tertiary/aromatic N) is 2. The number of imidazole rings is 1. The predicted octanol–water partition coefficient (Wildman–Crippen LogP) is 4.30. The number of hydrogen-bond donors (Lipinski definition) is 1. The Balaban J connectivity index is 1.69. The number of carbonyl (C=O) groups is 1. The maximum atomic E-state index is 12.9. The van der Waals surface area contributed by atoms with Crippen LogP contribution in [0.15, 0.2) is 53.0 Å². The number of rotatable bonds is 2. The number of amides is 1. The molecule has 4 nitrogen and oxygen atoms in total. The number of benzene rings is 2. The summed E-state index contributed by atoms with van der Waals surface area (Å²) in [7, 11) is 0. The third-order valence-corrected chi connectivity index (χ3v) is 5.03. The summed E-state index contributed by atoms with van der Waals surface area (Å²) in [4.78, 5) is 22.9. The molecule has 116 valence electrons. The molecule has 2 heterocycles. The zero-order valence-electron chi connectivity index (χ0n) is 12.5. The Labute approximate surface area is 142 Å². The van der Waals surface area contributed by atoms with E-state index in [-0.39, 0.29) is 11.9 Å². The fraction of sp³-hybridized carbons (Fsp3) is 0.222. The van der Waals surface area contributed by atoms with E-state index in [1.165, 1.54) is 0 Å². The van der Waals surface area contributed by atoms with Crippen LogP contribution >= 0.6 is 15.9 Å². The fourth-order valence-corrected chi connectivity index (χ4v) is 3.67. The number of H-pyrrole nitrogens is 1. The molecule has 2 aromatic carbocycles. The summed E-state index contributed by atoms with van der Waals surface area (Å²) >= 11 is 3.48. The first-order valence-corrected chi connectivity index (χ1v) is 8.53. The Hall–Kier alpha value is -2.14. The van der Waals surface area contributed by atoms with Gasteiger partial charge in [-0.05, 0) is 53.0 Å². The lowest BCUT2D eigenvalue weighted by Gasteiger charge is -2.23. The summed E-state index contributed by atoms with van der Waals surface area (Å²) in [6, 6.07) is 15.6. The molecule has 4 rings (SSSR count). The topological polar surface area (TPSA) is 49.0 Å². The molecule has 0 bridgehead atoms. The Morgan fingerprint density at radius 2 is 1.96 bits per heavy atom. The van der Waals surface area contributed by atoms with Crippen LogP contribution in [0, 0.1) is 0 Å². The summed E-state index contributed by atoms with van der Waals surface area (Å²) < 4.78 is 0.834. The van der Waals surface area contributed by atoms with Crippen LogP contribution in [0.25, 0.3) is 11.0 Å². The molecule has 1 atom stereocenters. The number of halogens is 1. The van der Waals surface area contributed by atoms with E-state index in [1.54, 1.807) is 0 Å². The molecular weight excluding hydrogens is 354 g/mol. The number of aromatic amines is 1. The molecule has 0 aliphatic carbocycles. The molecule has 1 saturated heterocycles. The standard InChI is InChI=1S/C18H16BrN3O/c19-13-7-2-1-6-12(13)18(23)22-11-5-10-16(22)17-20-14-8-3-4-9-15(14)21-17/h1-4,6-9,16H,5,10-11H2,(H,20,21)/t16-/m1/s1. The van der Waals surface area contributed by atoms with E-state index >= 15 is 0 Å². The molecule has 23 heavy (non-hydrogen) atoms.